The Balaban J connectivity index is 1.69. The number of carbonyl (C=O) groups is 1. The van der Waals surface area contributed by atoms with Crippen molar-refractivity contribution in [3.8, 4) is 0 Å². The number of nitrogen functional groups attached to an aromatic ring is 1. The molecule has 1 aliphatic rings. The minimum Gasteiger partial charge on any atom is -0.444 e. The quantitative estimate of drug-likeness (QED) is 0.852. The molecule has 2 aromatic carbocycles. The molecule has 2 N–H and O–H groups in total. The van der Waals surface area contributed by atoms with Crippen LogP contribution in [0.25, 0.3) is 0 Å². The van der Waals surface area contributed by atoms with Gasteiger partial charge in [0.2, 0.25) is 0 Å². The van der Waals surface area contributed by atoms with Gasteiger partial charge in [-0.25, -0.2) is 4.79 Å². The maximum absolute atomic E-state index is 12.2. The second-order valence-corrected chi connectivity index (χ2v) is 4.83. The van der Waals surface area contributed by atoms with E-state index in [-0.39, 0.29) is 12.7 Å². The van der Waals surface area contributed by atoms with Gasteiger partial charge in [-0.3, -0.25) is 4.90 Å². The fraction of sp³-hybridized carbons (Fsp3) is 0.188. The first-order chi connectivity index (χ1) is 9.74. The third kappa shape index (κ3) is 2.45. The molecule has 0 saturated carbocycles. The van der Waals surface area contributed by atoms with Gasteiger partial charge in [0, 0.05) is 12.2 Å². The lowest BCUT2D eigenvalue weighted by atomic mass is 10.1. The van der Waals surface area contributed by atoms with Crippen molar-refractivity contribution in [3.63, 3.8) is 0 Å². The van der Waals surface area contributed by atoms with Crippen LogP contribution in [-0.4, -0.2) is 12.6 Å². The summed E-state index contributed by atoms with van der Waals surface area (Å²) in [7, 11) is 0. The summed E-state index contributed by atoms with van der Waals surface area (Å²) in [6.45, 7) is 0.931. The lowest BCUT2D eigenvalue weighted by Gasteiger charge is -2.17. The van der Waals surface area contributed by atoms with Gasteiger partial charge < -0.3 is 10.5 Å². The highest BCUT2D eigenvalue weighted by Gasteiger charge is 2.25. The van der Waals surface area contributed by atoms with Gasteiger partial charge in [0.05, 0.1) is 5.69 Å². The van der Waals surface area contributed by atoms with Crippen LogP contribution in [0.3, 0.4) is 0 Å². The van der Waals surface area contributed by atoms with Crippen LogP contribution in [0.5, 0.6) is 0 Å². The lowest BCUT2D eigenvalue weighted by Crippen LogP contribution is -2.29. The van der Waals surface area contributed by atoms with E-state index in [1.54, 1.807) is 4.90 Å². The second kappa shape index (κ2) is 5.25. The average Bonchev–Trinajstić information content (AvgIpc) is 2.89. The molecule has 102 valence electrons. The molecular formula is C16H16N2O2. The maximum atomic E-state index is 12.2. The van der Waals surface area contributed by atoms with Crippen molar-refractivity contribution < 1.29 is 9.53 Å². The normalized spacial score (nSPS) is 13.1. The molecule has 4 heteroatoms. The van der Waals surface area contributed by atoms with Crippen LogP contribution >= 0.6 is 0 Å². The van der Waals surface area contributed by atoms with Crippen LogP contribution in [0.1, 0.15) is 11.1 Å². The van der Waals surface area contributed by atoms with E-state index in [0.717, 1.165) is 23.2 Å². The summed E-state index contributed by atoms with van der Waals surface area (Å²) in [5.41, 5.74) is 9.42. The monoisotopic (exact) mass is 268 g/mol. The zero-order chi connectivity index (χ0) is 13.9. The van der Waals surface area contributed by atoms with E-state index in [2.05, 4.69) is 0 Å². The number of anilines is 2. The van der Waals surface area contributed by atoms with Crippen molar-refractivity contribution in [1.29, 1.82) is 0 Å². The van der Waals surface area contributed by atoms with Crippen LogP contribution in [-0.2, 0) is 17.8 Å². The van der Waals surface area contributed by atoms with E-state index in [1.165, 1.54) is 0 Å². The molecule has 4 nitrogen and oxygen atoms in total. The number of ether oxygens (including phenoxy) is 1. The Bertz CT molecular complexity index is 626. The number of benzene rings is 2. The zero-order valence-electron chi connectivity index (χ0n) is 11.1. The highest BCUT2D eigenvalue weighted by atomic mass is 16.6. The van der Waals surface area contributed by atoms with Crippen molar-refractivity contribution in [3.05, 3.63) is 59.7 Å². The fourth-order valence-corrected chi connectivity index (χ4v) is 2.38. The molecule has 3 rings (SSSR count). The minimum absolute atomic E-state index is 0.286. The van der Waals surface area contributed by atoms with E-state index < -0.39 is 0 Å². The van der Waals surface area contributed by atoms with Gasteiger partial charge in [0.15, 0.2) is 0 Å². The topological polar surface area (TPSA) is 55.6 Å². The summed E-state index contributed by atoms with van der Waals surface area (Å²) >= 11 is 0. The number of carbonyl (C=O) groups excluding carboxylic acids is 1. The highest BCUT2D eigenvalue weighted by molar-refractivity contribution is 5.91. The molecule has 0 aliphatic carbocycles. The predicted molar refractivity (Wildman–Crippen MR) is 78.5 cm³/mol. The van der Waals surface area contributed by atoms with E-state index in [0.29, 0.717) is 12.2 Å². The van der Waals surface area contributed by atoms with E-state index in [4.69, 9.17) is 10.5 Å². The van der Waals surface area contributed by atoms with Gasteiger partial charge >= 0.3 is 6.09 Å². The molecule has 2 aromatic rings. The number of rotatable bonds is 2. The average molecular weight is 268 g/mol. The molecule has 0 bridgehead atoms. The molecule has 0 aromatic heterocycles. The van der Waals surface area contributed by atoms with Crippen LogP contribution in [0.2, 0.25) is 0 Å². The van der Waals surface area contributed by atoms with Gasteiger partial charge in [-0.2, -0.15) is 0 Å². The van der Waals surface area contributed by atoms with Gasteiger partial charge in [-0.05, 0) is 29.7 Å². The fourth-order valence-electron chi connectivity index (χ4n) is 2.38. The Labute approximate surface area is 117 Å². The lowest BCUT2D eigenvalue weighted by molar-refractivity contribution is 0.147. The summed E-state index contributed by atoms with van der Waals surface area (Å²) in [4.78, 5) is 13.8. The zero-order valence-corrected chi connectivity index (χ0v) is 11.1. The first-order valence-corrected chi connectivity index (χ1v) is 6.60. The van der Waals surface area contributed by atoms with Crippen molar-refractivity contribution in [1.82, 2.24) is 0 Å². The molecule has 20 heavy (non-hydrogen) atoms. The summed E-state index contributed by atoms with van der Waals surface area (Å²) in [5, 5.41) is 0. The largest absolute Gasteiger partial charge is 0.444 e. The maximum Gasteiger partial charge on any atom is 0.414 e. The number of hydrogen-bond acceptors (Lipinski definition) is 3. The van der Waals surface area contributed by atoms with Crippen LogP contribution < -0.4 is 10.6 Å². The summed E-state index contributed by atoms with van der Waals surface area (Å²) < 4.78 is 5.35. The summed E-state index contributed by atoms with van der Waals surface area (Å²) in [5.74, 6) is 0. The van der Waals surface area contributed by atoms with Crippen LogP contribution in [0.15, 0.2) is 48.5 Å². The third-order valence-electron chi connectivity index (χ3n) is 3.43. The molecule has 0 unspecified atom stereocenters. The Kier molecular flexibility index (Phi) is 3.29. The van der Waals surface area contributed by atoms with Gasteiger partial charge in [0.1, 0.15) is 6.61 Å². The molecule has 0 fully saturated rings. The van der Waals surface area contributed by atoms with Gasteiger partial charge in [0.25, 0.3) is 0 Å². The number of nitrogens with zero attached hydrogens (tertiary/aromatic N) is 1. The summed E-state index contributed by atoms with van der Waals surface area (Å²) in [6, 6.07) is 15.3. The smallest absolute Gasteiger partial charge is 0.414 e. The Morgan fingerprint density at radius 3 is 2.80 bits per heavy atom. The molecule has 1 aliphatic heterocycles. The van der Waals surface area contributed by atoms with E-state index in [9.17, 15) is 4.79 Å². The predicted octanol–water partition coefficient (Wildman–Crippen LogP) is 2.97. The van der Waals surface area contributed by atoms with Crippen molar-refractivity contribution >= 4 is 17.5 Å². The Morgan fingerprint density at radius 1 is 1.20 bits per heavy atom. The Morgan fingerprint density at radius 2 is 2.00 bits per heavy atom. The first-order valence-electron chi connectivity index (χ1n) is 6.60. The van der Waals surface area contributed by atoms with E-state index in [1.807, 2.05) is 48.5 Å². The highest BCUT2D eigenvalue weighted by Crippen LogP contribution is 2.30. The van der Waals surface area contributed by atoms with Crippen LogP contribution in [0.4, 0.5) is 16.2 Å². The molecule has 0 atom stereocenters. The van der Waals surface area contributed by atoms with Crippen molar-refractivity contribution in [2.45, 2.75) is 13.0 Å². The van der Waals surface area contributed by atoms with Crippen molar-refractivity contribution in [2.75, 3.05) is 17.2 Å². The number of nitrogens with two attached hydrogens (primary N) is 1. The summed E-state index contributed by atoms with van der Waals surface area (Å²) in [6.07, 6.45) is 0.522. The SMILES string of the molecule is Nc1ccc2c(c1)N(C(=O)OCc1ccccc1)CC2. The van der Waals surface area contributed by atoms with Crippen LogP contribution in [0, 0.1) is 0 Å². The van der Waals surface area contributed by atoms with Gasteiger partial charge in [-0.15, -0.1) is 0 Å². The third-order valence-corrected chi connectivity index (χ3v) is 3.43. The second-order valence-electron chi connectivity index (χ2n) is 4.83. The molecule has 0 saturated heterocycles. The van der Waals surface area contributed by atoms with Crippen molar-refractivity contribution in [2.24, 2.45) is 0 Å². The molecule has 1 amide bonds. The van der Waals surface area contributed by atoms with Gasteiger partial charge in [-0.1, -0.05) is 36.4 Å². The molecular weight excluding hydrogens is 252 g/mol. The first kappa shape index (κ1) is 12.5. The number of fused-ring (bicyclic) bond motifs is 1. The number of hydrogen-bond donors (Lipinski definition) is 1. The minimum atomic E-state index is -0.321. The Hall–Kier alpha value is -2.49. The number of amides is 1. The molecule has 0 radical (unpaired) electrons. The molecule has 1 heterocycles. The molecule has 0 spiro atoms. The standard InChI is InChI=1S/C16H16N2O2/c17-14-7-6-13-8-9-18(15(13)10-14)16(19)20-11-12-4-2-1-3-5-12/h1-7,10H,8-9,11,17H2. The van der Waals surface area contributed by atoms with E-state index >= 15 is 0 Å².